The number of carboxylic acid groups (broad SMARTS) is 1. The molecule has 0 aromatic heterocycles. The largest absolute Gasteiger partial charge is 0.481 e. The monoisotopic (exact) mass is 356 g/mol. The standard InChI is InChI=1S/C15H21BrN2O3/c1-15(2,3)7-10(14(20)21)8-18-13(19)9-4-11(16)6-12(17)5-9/h4-6,10H,7-8,17H2,1-3H3,(H,18,19)(H,20,21). The molecule has 1 atom stereocenters. The zero-order valence-electron chi connectivity index (χ0n) is 12.4. The van der Waals surface area contributed by atoms with E-state index in [0.29, 0.717) is 22.1 Å². The molecule has 0 saturated carbocycles. The van der Waals surface area contributed by atoms with Crippen LogP contribution in [0.2, 0.25) is 0 Å². The molecule has 0 saturated heterocycles. The predicted octanol–water partition coefficient (Wildman–Crippen LogP) is 2.90. The fourth-order valence-electron chi connectivity index (χ4n) is 2.05. The van der Waals surface area contributed by atoms with Gasteiger partial charge in [-0.15, -0.1) is 0 Å². The Balaban J connectivity index is 2.71. The maximum atomic E-state index is 12.1. The van der Waals surface area contributed by atoms with Crippen molar-refractivity contribution < 1.29 is 14.7 Å². The second-order valence-corrected chi connectivity index (χ2v) is 7.20. The lowest BCUT2D eigenvalue weighted by molar-refractivity contribution is -0.142. The van der Waals surface area contributed by atoms with Crippen LogP contribution < -0.4 is 11.1 Å². The minimum atomic E-state index is -0.904. The lowest BCUT2D eigenvalue weighted by Gasteiger charge is -2.23. The van der Waals surface area contributed by atoms with Gasteiger partial charge in [0.15, 0.2) is 0 Å². The van der Waals surface area contributed by atoms with Crippen LogP contribution in [0.1, 0.15) is 37.6 Å². The smallest absolute Gasteiger partial charge is 0.308 e. The molecule has 21 heavy (non-hydrogen) atoms. The number of hydrogen-bond acceptors (Lipinski definition) is 3. The van der Waals surface area contributed by atoms with Crippen LogP contribution in [0, 0.1) is 11.3 Å². The van der Waals surface area contributed by atoms with Crippen LogP contribution in [0.15, 0.2) is 22.7 Å². The highest BCUT2D eigenvalue weighted by Gasteiger charge is 2.25. The number of halogens is 1. The average molecular weight is 357 g/mol. The molecule has 0 aliphatic rings. The number of nitrogen functional groups attached to an aromatic ring is 1. The Bertz CT molecular complexity index is 518. The van der Waals surface area contributed by atoms with Crippen LogP contribution in [-0.2, 0) is 4.79 Å². The molecule has 0 radical (unpaired) electrons. The Morgan fingerprint density at radius 1 is 1.33 bits per heavy atom. The van der Waals surface area contributed by atoms with Gasteiger partial charge in [-0.25, -0.2) is 0 Å². The van der Waals surface area contributed by atoms with E-state index in [9.17, 15) is 14.7 Å². The van der Waals surface area contributed by atoms with E-state index in [0.717, 1.165) is 0 Å². The van der Waals surface area contributed by atoms with Gasteiger partial charge in [0.25, 0.3) is 5.91 Å². The third-order valence-electron chi connectivity index (χ3n) is 2.90. The summed E-state index contributed by atoms with van der Waals surface area (Å²) in [5, 5.41) is 11.9. The van der Waals surface area contributed by atoms with E-state index in [1.165, 1.54) is 0 Å². The summed E-state index contributed by atoms with van der Waals surface area (Å²) in [6.45, 7) is 6.01. The van der Waals surface area contributed by atoms with Crippen molar-refractivity contribution in [3.05, 3.63) is 28.2 Å². The molecular formula is C15H21BrN2O3. The molecule has 5 nitrogen and oxygen atoms in total. The molecule has 0 spiro atoms. The first-order valence-electron chi connectivity index (χ1n) is 6.65. The maximum Gasteiger partial charge on any atom is 0.308 e. The number of anilines is 1. The molecule has 0 aliphatic carbocycles. The predicted molar refractivity (Wildman–Crippen MR) is 86.1 cm³/mol. The van der Waals surface area contributed by atoms with Crippen molar-refractivity contribution in [2.24, 2.45) is 11.3 Å². The van der Waals surface area contributed by atoms with Crippen molar-refractivity contribution in [1.82, 2.24) is 5.32 Å². The number of benzene rings is 1. The van der Waals surface area contributed by atoms with Gasteiger partial charge < -0.3 is 16.2 Å². The topological polar surface area (TPSA) is 92.4 Å². The highest BCUT2D eigenvalue weighted by atomic mass is 79.9. The van der Waals surface area contributed by atoms with E-state index in [4.69, 9.17) is 5.73 Å². The number of amides is 1. The first-order chi connectivity index (χ1) is 9.58. The summed E-state index contributed by atoms with van der Waals surface area (Å²) >= 11 is 3.27. The molecule has 0 fully saturated rings. The summed E-state index contributed by atoms with van der Waals surface area (Å²) in [6.07, 6.45) is 0.489. The molecule has 6 heteroatoms. The summed E-state index contributed by atoms with van der Waals surface area (Å²) in [5.41, 5.74) is 6.44. The highest BCUT2D eigenvalue weighted by Crippen LogP contribution is 2.24. The Morgan fingerprint density at radius 3 is 2.43 bits per heavy atom. The zero-order chi connectivity index (χ0) is 16.2. The van der Waals surface area contributed by atoms with Gasteiger partial charge in [-0.3, -0.25) is 9.59 Å². The second-order valence-electron chi connectivity index (χ2n) is 6.28. The van der Waals surface area contributed by atoms with Gasteiger partial charge in [0.2, 0.25) is 0 Å². The number of rotatable bonds is 5. The highest BCUT2D eigenvalue weighted by molar-refractivity contribution is 9.10. The van der Waals surface area contributed by atoms with E-state index in [-0.39, 0.29) is 17.9 Å². The number of carbonyl (C=O) groups is 2. The lowest BCUT2D eigenvalue weighted by Crippen LogP contribution is -2.35. The van der Waals surface area contributed by atoms with Gasteiger partial charge in [-0.05, 0) is 30.0 Å². The molecule has 0 aliphatic heterocycles. The Hall–Kier alpha value is -1.56. The summed E-state index contributed by atoms with van der Waals surface area (Å²) in [4.78, 5) is 23.3. The van der Waals surface area contributed by atoms with Crippen molar-refractivity contribution in [1.29, 1.82) is 0 Å². The Labute approximate surface area is 133 Å². The number of carbonyl (C=O) groups excluding carboxylic acids is 1. The van der Waals surface area contributed by atoms with Crippen LogP contribution >= 0.6 is 15.9 Å². The van der Waals surface area contributed by atoms with Crippen molar-refractivity contribution in [2.45, 2.75) is 27.2 Å². The molecule has 1 unspecified atom stereocenters. The molecule has 1 aromatic rings. The minimum absolute atomic E-state index is 0.0951. The molecular weight excluding hydrogens is 336 g/mol. The average Bonchev–Trinajstić information content (AvgIpc) is 2.31. The van der Waals surface area contributed by atoms with E-state index in [2.05, 4.69) is 21.2 Å². The van der Waals surface area contributed by atoms with Crippen molar-refractivity contribution >= 4 is 33.5 Å². The van der Waals surface area contributed by atoms with E-state index in [1.807, 2.05) is 20.8 Å². The van der Waals surface area contributed by atoms with Crippen molar-refractivity contribution in [2.75, 3.05) is 12.3 Å². The van der Waals surface area contributed by atoms with Gasteiger partial charge in [-0.1, -0.05) is 36.7 Å². The summed E-state index contributed by atoms with van der Waals surface area (Å²) < 4.78 is 0.706. The summed E-state index contributed by atoms with van der Waals surface area (Å²) in [5.74, 6) is -1.85. The number of carboxylic acids is 1. The third kappa shape index (κ3) is 6.16. The molecule has 4 N–H and O–H groups in total. The molecule has 116 valence electrons. The number of aliphatic carboxylic acids is 1. The van der Waals surface area contributed by atoms with E-state index < -0.39 is 11.9 Å². The van der Waals surface area contributed by atoms with Crippen LogP contribution in [0.25, 0.3) is 0 Å². The van der Waals surface area contributed by atoms with E-state index >= 15 is 0 Å². The number of hydrogen-bond donors (Lipinski definition) is 3. The van der Waals surface area contributed by atoms with Gasteiger partial charge >= 0.3 is 5.97 Å². The number of nitrogens with two attached hydrogens (primary N) is 1. The normalized spacial score (nSPS) is 12.8. The molecule has 1 amide bonds. The Morgan fingerprint density at radius 2 is 1.95 bits per heavy atom. The van der Waals surface area contributed by atoms with Crippen LogP contribution in [-0.4, -0.2) is 23.5 Å². The zero-order valence-corrected chi connectivity index (χ0v) is 14.0. The lowest BCUT2D eigenvalue weighted by atomic mass is 9.84. The fraction of sp³-hybridized carbons (Fsp3) is 0.467. The van der Waals surface area contributed by atoms with Gasteiger partial charge in [0, 0.05) is 22.3 Å². The summed E-state index contributed by atoms with van der Waals surface area (Å²) in [6, 6.07) is 4.89. The number of nitrogens with one attached hydrogen (secondary N) is 1. The van der Waals surface area contributed by atoms with Gasteiger partial charge in [0.05, 0.1) is 5.92 Å². The van der Waals surface area contributed by atoms with E-state index in [1.54, 1.807) is 18.2 Å². The maximum absolute atomic E-state index is 12.1. The molecule has 0 bridgehead atoms. The molecule has 1 aromatic carbocycles. The molecule has 0 heterocycles. The van der Waals surface area contributed by atoms with Crippen LogP contribution in [0.3, 0.4) is 0 Å². The van der Waals surface area contributed by atoms with Crippen molar-refractivity contribution in [3.63, 3.8) is 0 Å². The minimum Gasteiger partial charge on any atom is -0.481 e. The van der Waals surface area contributed by atoms with Crippen LogP contribution in [0.4, 0.5) is 5.69 Å². The van der Waals surface area contributed by atoms with Crippen LogP contribution in [0.5, 0.6) is 0 Å². The SMILES string of the molecule is CC(C)(C)CC(CNC(=O)c1cc(N)cc(Br)c1)C(=O)O. The summed E-state index contributed by atoms with van der Waals surface area (Å²) in [7, 11) is 0. The Kier molecular flexibility index (Phi) is 5.78. The third-order valence-corrected chi connectivity index (χ3v) is 3.36. The quantitative estimate of drug-likeness (QED) is 0.707. The van der Waals surface area contributed by atoms with Gasteiger partial charge in [-0.2, -0.15) is 0 Å². The first-order valence-corrected chi connectivity index (χ1v) is 7.45. The first kappa shape index (κ1) is 17.5. The fourth-order valence-corrected chi connectivity index (χ4v) is 2.56. The molecule has 1 rings (SSSR count). The van der Waals surface area contributed by atoms with Crippen molar-refractivity contribution in [3.8, 4) is 0 Å². The second kappa shape index (κ2) is 6.93. The van der Waals surface area contributed by atoms with Gasteiger partial charge in [0.1, 0.15) is 0 Å².